The molecule has 2 aromatic carbocycles. The first-order valence-electron chi connectivity index (χ1n) is 5.20. The van der Waals surface area contributed by atoms with Crippen LogP contribution in [0.3, 0.4) is 0 Å². The minimum absolute atomic E-state index is 1.36. The summed E-state index contributed by atoms with van der Waals surface area (Å²) >= 11 is 3.70. The van der Waals surface area contributed by atoms with Crippen molar-refractivity contribution in [2.75, 3.05) is 0 Å². The van der Waals surface area contributed by atoms with Gasteiger partial charge >= 0.3 is 0 Å². The lowest BCUT2D eigenvalue weighted by atomic mass is 10.1. The van der Waals surface area contributed by atoms with E-state index < -0.39 is 0 Å². The lowest BCUT2D eigenvalue weighted by molar-refractivity contribution is 1.87. The smallest absolute Gasteiger partial charge is 0.0362 e. The van der Waals surface area contributed by atoms with Crippen molar-refractivity contribution < 1.29 is 0 Å². The van der Waals surface area contributed by atoms with Gasteiger partial charge < -0.3 is 0 Å². The van der Waals surface area contributed by atoms with E-state index >= 15 is 0 Å². The highest BCUT2D eigenvalue weighted by atomic mass is 32.1. The summed E-state index contributed by atoms with van der Waals surface area (Å²) in [5.74, 6) is 0. The molecule has 0 atom stereocenters. The molecule has 2 heteroatoms. The van der Waals surface area contributed by atoms with Crippen LogP contribution in [0.2, 0.25) is 0 Å². The van der Waals surface area contributed by atoms with E-state index in [1.807, 2.05) is 22.7 Å². The van der Waals surface area contributed by atoms with Crippen LogP contribution in [0, 0.1) is 0 Å². The summed E-state index contributed by atoms with van der Waals surface area (Å²) in [6, 6.07) is 15.5. The molecular formula is C14H8S2. The van der Waals surface area contributed by atoms with E-state index in [1.54, 1.807) is 0 Å². The maximum atomic E-state index is 2.33. The van der Waals surface area contributed by atoms with Gasteiger partial charge in [-0.25, -0.2) is 0 Å². The van der Waals surface area contributed by atoms with Crippen LogP contribution in [0.5, 0.6) is 0 Å². The van der Waals surface area contributed by atoms with Crippen molar-refractivity contribution in [2.24, 2.45) is 0 Å². The Balaban J connectivity index is 2.32. The molecule has 0 amide bonds. The summed E-state index contributed by atoms with van der Waals surface area (Å²) in [6.07, 6.45) is 0. The third-order valence-electron chi connectivity index (χ3n) is 2.95. The quantitative estimate of drug-likeness (QED) is 0.393. The number of hydrogen-bond donors (Lipinski definition) is 0. The second kappa shape index (κ2) is 3.06. The van der Waals surface area contributed by atoms with E-state index in [0.717, 1.165) is 0 Å². The lowest BCUT2D eigenvalue weighted by Crippen LogP contribution is -1.65. The van der Waals surface area contributed by atoms with Gasteiger partial charge in [0.05, 0.1) is 0 Å². The van der Waals surface area contributed by atoms with Crippen molar-refractivity contribution in [3.05, 3.63) is 47.8 Å². The van der Waals surface area contributed by atoms with Gasteiger partial charge in [-0.2, -0.15) is 0 Å². The number of rotatable bonds is 0. The Bertz CT molecular complexity index is 805. The van der Waals surface area contributed by atoms with Crippen LogP contribution in [0.15, 0.2) is 47.8 Å². The molecule has 0 N–H and O–H groups in total. The summed E-state index contributed by atoms with van der Waals surface area (Å²) in [6.45, 7) is 0. The van der Waals surface area contributed by atoms with Crippen molar-refractivity contribution in [3.63, 3.8) is 0 Å². The van der Waals surface area contributed by atoms with Crippen LogP contribution < -0.4 is 0 Å². The van der Waals surface area contributed by atoms with Gasteiger partial charge in [-0.15, -0.1) is 22.7 Å². The molecule has 0 aliphatic rings. The Hall–Kier alpha value is -1.38. The molecule has 0 spiro atoms. The summed E-state index contributed by atoms with van der Waals surface area (Å²) < 4.78 is 4.17. The fraction of sp³-hybridized carbons (Fsp3) is 0. The van der Waals surface area contributed by atoms with Crippen LogP contribution in [0.4, 0.5) is 0 Å². The highest BCUT2D eigenvalue weighted by Gasteiger charge is 2.05. The number of fused-ring (bicyclic) bond motifs is 4. The van der Waals surface area contributed by atoms with Gasteiger partial charge in [-0.05, 0) is 35.0 Å². The number of benzene rings is 2. The summed E-state index contributed by atoms with van der Waals surface area (Å²) in [7, 11) is 0. The van der Waals surface area contributed by atoms with E-state index in [4.69, 9.17) is 0 Å². The molecular weight excluding hydrogens is 232 g/mol. The van der Waals surface area contributed by atoms with Crippen LogP contribution in [0.1, 0.15) is 0 Å². The predicted molar refractivity (Wildman–Crippen MR) is 74.7 cm³/mol. The first-order valence-corrected chi connectivity index (χ1v) is 6.90. The number of thiophene rings is 2. The highest BCUT2D eigenvalue weighted by Crippen LogP contribution is 2.37. The van der Waals surface area contributed by atoms with Crippen molar-refractivity contribution in [1.82, 2.24) is 0 Å². The second-order valence-electron chi connectivity index (χ2n) is 3.91. The molecule has 0 aliphatic heterocycles. The van der Waals surface area contributed by atoms with E-state index in [9.17, 15) is 0 Å². The first kappa shape index (κ1) is 8.74. The van der Waals surface area contributed by atoms with Crippen molar-refractivity contribution in [1.29, 1.82) is 0 Å². The van der Waals surface area contributed by atoms with Gasteiger partial charge in [0, 0.05) is 24.9 Å². The maximum absolute atomic E-state index is 2.33. The van der Waals surface area contributed by atoms with Crippen molar-refractivity contribution in [3.8, 4) is 0 Å². The first-order chi connectivity index (χ1) is 7.92. The van der Waals surface area contributed by atoms with Crippen LogP contribution >= 0.6 is 22.7 Å². The SMILES string of the molecule is c1ccc2c(c1)sc1cc3ccsc3cc12. The zero-order valence-corrected chi connectivity index (χ0v) is 10.1. The molecule has 76 valence electrons. The monoisotopic (exact) mass is 240 g/mol. The average molecular weight is 240 g/mol. The van der Waals surface area contributed by atoms with Crippen LogP contribution in [0.25, 0.3) is 30.3 Å². The molecule has 0 nitrogen and oxygen atoms in total. The third kappa shape index (κ3) is 1.09. The average Bonchev–Trinajstić information content (AvgIpc) is 2.88. The van der Waals surface area contributed by atoms with Crippen LogP contribution in [-0.2, 0) is 0 Å². The zero-order chi connectivity index (χ0) is 10.5. The third-order valence-corrected chi connectivity index (χ3v) is 4.96. The molecule has 2 heterocycles. The summed E-state index contributed by atoms with van der Waals surface area (Å²) in [5, 5.41) is 6.31. The Morgan fingerprint density at radius 2 is 1.69 bits per heavy atom. The number of hydrogen-bond acceptors (Lipinski definition) is 2. The van der Waals surface area contributed by atoms with Gasteiger partial charge in [-0.1, -0.05) is 18.2 Å². The van der Waals surface area contributed by atoms with Gasteiger partial charge in [-0.3, -0.25) is 0 Å². The summed E-state index contributed by atoms with van der Waals surface area (Å²) in [4.78, 5) is 0. The maximum Gasteiger partial charge on any atom is 0.0362 e. The Kier molecular flexibility index (Phi) is 1.67. The molecule has 0 unspecified atom stereocenters. The van der Waals surface area contributed by atoms with Gasteiger partial charge in [0.25, 0.3) is 0 Å². The Morgan fingerprint density at radius 3 is 2.69 bits per heavy atom. The van der Waals surface area contributed by atoms with Gasteiger partial charge in [0.1, 0.15) is 0 Å². The molecule has 0 aliphatic carbocycles. The Morgan fingerprint density at radius 1 is 0.750 bits per heavy atom. The fourth-order valence-electron chi connectivity index (χ4n) is 2.18. The molecule has 2 aromatic heterocycles. The standard InChI is InChI=1S/C14H8S2/c1-2-4-12-10(3-1)11-8-13-9(5-6-15-13)7-14(11)16-12/h1-8H. The fourth-order valence-corrected chi connectivity index (χ4v) is 4.13. The van der Waals surface area contributed by atoms with E-state index in [0.29, 0.717) is 0 Å². The minimum Gasteiger partial charge on any atom is -0.144 e. The van der Waals surface area contributed by atoms with E-state index in [1.165, 1.54) is 30.3 Å². The largest absolute Gasteiger partial charge is 0.144 e. The predicted octanol–water partition coefficient (Wildman–Crippen LogP) is 5.27. The molecule has 0 radical (unpaired) electrons. The summed E-state index contributed by atoms with van der Waals surface area (Å²) in [5.41, 5.74) is 0. The molecule has 16 heavy (non-hydrogen) atoms. The molecule has 4 rings (SSSR count). The van der Waals surface area contributed by atoms with Crippen LogP contribution in [-0.4, -0.2) is 0 Å². The topological polar surface area (TPSA) is 0 Å². The Labute approximate surface area is 101 Å². The highest BCUT2D eigenvalue weighted by molar-refractivity contribution is 7.26. The molecule has 0 saturated carbocycles. The normalized spacial score (nSPS) is 11.8. The van der Waals surface area contributed by atoms with Gasteiger partial charge in [0.2, 0.25) is 0 Å². The second-order valence-corrected chi connectivity index (χ2v) is 5.94. The van der Waals surface area contributed by atoms with E-state index in [2.05, 4.69) is 47.8 Å². The van der Waals surface area contributed by atoms with Gasteiger partial charge in [0.15, 0.2) is 0 Å². The van der Waals surface area contributed by atoms with Crippen molar-refractivity contribution in [2.45, 2.75) is 0 Å². The zero-order valence-electron chi connectivity index (χ0n) is 8.44. The molecule has 4 aromatic rings. The molecule has 0 bridgehead atoms. The molecule has 0 fully saturated rings. The minimum atomic E-state index is 1.36. The van der Waals surface area contributed by atoms with E-state index in [-0.39, 0.29) is 0 Å². The van der Waals surface area contributed by atoms with Crippen molar-refractivity contribution >= 4 is 52.9 Å². The lowest BCUT2D eigenvalue weighted by Gasteiger charge is -1.92. The molecule has 0 saturated heterocycles.